The Morgan fingerprint density at radius 3 is 1.72 bits per heavy atom. The Kier molecular flexibility index (Phi) is 6.17. The van der Waals surface area contributed by atoms with E-state index in [-0.39, 0.29) is 11.7 Å². The molecule has 0 N–H and O–H groups in total. The lowest BCUT2D eigenvalue weighted by atomic mass is 9.82. The van der Waals surface area contributed by atoms with Gasteiger partial charge in [0.25, 0.3) is 0 Å². The van der Waals surface area contributed by atoms with E-state index in [1.165, 1.54) is 14.0 Å². The molecule has 3 aromatic carbocycles. The molecule has 3 atom stereocenters. The number of nitrogens with zero attached hydrogens (tertiary/aromatic N) is 1. The number of hydrogen-bond donors (Lipinski definition) is 0. The maximum Gasteiger partial charge on any atom is 0.329 e. The summed E-state index contributed by atoms with van der Waals surface area (Å²) in [6, 6.07) is 26.9. The number of carbonyl (C=O) groups is 3. The normalized spacial score (nSPS) is 20.4. The average Bonchev–Trinajstić information content (AvgIpc) is 3.14. The topological polar surface area (TPSA) is 63.7 Å². The number of likely N-dealkylation sites (tertiary alicyclic amines) is 1. The van der Waals surface area contributed by atoms with Gasteiger partial charge >= 0.3 is 5.97 Å². The van der Waals surface area contributed by atoms with Crippen molar-refractivity contribution in [2.45, 2.75) is 24.9 Å². The molecule has 0 spiro atoms. The second kappa shape index (κ2) is 9.18. The lowest BCUT2D eigenvalue weighted by Crippen LogP contribution is -2.44. The fourth-order valence-corrected chi connectivity index (χ4v) is 4.74. The molecule has 3 aromatic rings. The average molecular weight is 428 g/mol. The van der Waals surface area contributed by atoms with E-state index in [4.69, 9.17) is 4.74 Å². The highest BCUT2D eigenvalue weighted by molar-refractivity contribution is 6.06. The standard InChI is InChI=1S/C27H25NO4/c1-18(29)22-23(19-12-6-3-7-13-19)25(27(31)32-2)28(26(22)30)24(20-14-8-4-9-15-20)21-16-10-5-11-17-21/h3-17,22-25H,1-2H3/t22?,23-,25-/m0/s1. The summed E-state index contributed by atoms with van der Waals surface area (Å²) in [6.07, 6.45) is 0. The molecule has 5 heteroatoms. The van der Waals surface area contributed by atoms with E-state index >= 15 is 0 Å². The summed E-state index contributed by atoms with van der Waals surface area (Å²) in [5.41, 5.74) is 2.48. The number of methoxy groups -OCH3 is 1. The Morgan fingerprint density at radius 2 is 1.28 bits per heavy atom. The molecule has 1 saturated heterocycles. The van der Waals surface area contributed by atoms with E-state index in [2.05, 4.69) is 0 Å². The molecule has 1 heterocycles. The van der Waals surface area contributed by atoms with Gasteiger partial charge in [0.1, 0.15) is 17.7 Å². The molecule has 4 rings (SSSR count). The first-order valence-corrected chi connectivity index (χ1v) is 10.6. The molecule has 32 heavy (non-hydrogen) atoms. The zero-order valence-corrected chi connectivity index (χ0v) is 18.0. The van der Waals surface area contributed by atoms with Gasteiger partial charge in [-0.3, -0.25) is 9.59 Å². The van der Waals surface area contributed by atoms with Crippen LogP contribution in [0.3, 0.4) is 0 Å². The largest absolute Gasteiger partial charge is 0.467 e. The Balaban J connectivity index is 1.94. The minimum absolute atomic E-state index is 0.264. The van der Waals surface area contributed by atoms with E-state index in [0.29, 0.717) is 0 Å². The van der Waals surface area contributed by atoms with Crippen molar-refractivity contribution in [3.8, 4) is 0 Å². The second-order valence-corrected chi connectivity index (χ2v) is 7.96. The van der Waals surface area contributed by atoms with Crippen LogP contribution in [-0.2, 0) is 19.1 Å². The summed E-state index contributed by atoms with van der Waals surface area (Å²) in [4.78, 5) is 41.3. The minimum atomic E-state index is -0.962. The van der Waals surface area contributed by atoms with Gasteiger partial charge in [-0.1, -0.05) is 91.0 Å². The van der Waals surface area contributed by atoms with E-state index < -0.39 is 29.9 Å². The molecule has 0 radical (unpaired) electrons. The summed E-state index contributed by atoms with van der Waals surface area (Å²) >= 11 is 0. The van der Waals surface area contributed by atoms with Crippen LogP contribution < -0.4 is 0 Å². The van der Waals surface area contributed by atoms with Gasteiger partial charge in [0.2, 0.25) is 5.91 Å². The van der Waals surface area contributed by atoms with Gasteiger partial charge in [-0.05, 0) is 23.6 Å². The second-order valence-electron chi connectivity index (χ2n) is 7.96. The van der Waals surface area contributed by atoms with Gasteiger partial charge < -0.3 is 9.64 Å². The molecule has 5 nitrogen and oxygen atoms in total. The highest BCUT2D eigenvalue weighted by Crippen LogP contribution is 2.46. The predicted molar refractivity (Wildman–Crippen MR) is 121 cm³/mol. The maximum atomic E-state index is 13.8. The highest BCUT2D eigenvalue weighted by atomic mass is 16.5. The van der Waals surface area contributed by atoms with Crippen LogP contribution in [0.15, 0.2) is 91.0 Å². The number of Topliss-reactive ketones (excluding diaryl/α,β-unsaturated/α-hetero) is 1. The molecular formula is C27H25NO4. The Labute approximate surface area is 187 Å². The van der Waals surface area contributed by atoms with Gasteiger partial charge in [0.15, 0.2) is 0 Å². The monoisotopic (exact) mass is 427 g/mol. The van der Waals surface area contributed by atoms with Crippen molar-refractivity contribution in [1.82, 2.24) is 4.90 Å². The quantitative estimate of drug-likeness (QED) is 0.438. The summed E-state index contributed by atoms with van der Waals surface area (Å²) < 4.78 is 5.17. The van der Waals surface area contributed by atoms with Crippen molar-refractivity contribution in [2.75, 3.05) is 7.11 Å². The van der Waals surface area contributed by atoms with Crippen molar-refractivity contribution in [3.05, 3.63) is 108 Å². The number of ether oxygens (including phenoxy) is 1. The summed E-state index contributed by atoms with van der Waals surface area (Å²) in [5, 5.41) is 0. The first-order chi connectivity index (χ1) is 15.5. The first kappa shape index (κ1) is 21.5. The van der Waals surface area contributed by atoms with Gasteiger partial charge in [-0.25, -0.2) is 4.79 Å². The first-order valence-electron chi connectivity index (χ1n) is 10.6. The van der Waals surface area contributed by atoms with Gasteiger partial charge in [-0.15, -0.1) is 0 Å². The highest BCUT2D eigenvalue weighted by Gasteiger charge is 2.56. The van der Waals surface area contributed by atoms with Gasteiger partial charge in [-0.2, -0.15) is 0 Å². The van der Waals surface area contributed by atoms with Crippen LogP contribution in [0, 0.1) is 5.92 Å². The Hall–Kier alpha value is -3.73. The molecule has 1 unspecified atom stereocenters. The van der Waals surface area contributed by atoms with Crippen LogP contribution in [0.2, 0.25) is 0 Å². The third-order valence-corrected chi connectivity index (χ3v) is 6.09. The van der Waals surface area contributed by atoms with Crippen LogP contribution in [0.5, 0.6) is 0 Å². The zero-order valence-electron chi connectivity index (χ0n) is 18.0. The van der Waals surface area contributed by atoms with Crippen LogP contribution in [0.4, 0.5) is 0 Å². The molecule has 162 valence electrons. The summed E-state index contributed by atoms with van der Waals surface area (Å²) in [6.45, 7) is 1.41. The van der Waals surface area contributed by atoms with Crippen molar-refractivity contribution in [1.29, 1.82) is 0 Å². The summed E-state index contributed by atoms with van der Waals surface area (Å²) in [7, 11) is 1.31. The fourth-order valence-electron chi connectivity index (χ4n) is 4.74. The molecule has 0 aliphatic carbocycles. The fraction of sp³-hybridized carbons (Fsp3) is 0.222. The third-order valence-electron chi connectivity index (χ3n) is 6.09. The molecule has 0 saturated carbocycles. The zero-order chi connectivity index (χ0) is 22.7. The van der Waals surface area contributed by atoms with E-state index in [1.54, 1.807) is 4.90 Å². The third kappa shape index (κ3) is 3.82. The van der Waals surface area contributed by atoms with Crippen molar-refractivity contribution in [3.63, 3.8) is 0 Å². The number of ketones is 1. The number of benzene rings is 3. The van der Waals surface area contributed by atoms with E-state index in [9.17, 15) is 14.4 Å². The summed E-state index contributed by atoms with van der Waals surface area (Å²) in [5.74, 6) is -2.76. The predicted octanol–water partition coefficient (Wildman–Crippen LogP) is 4.15. The van der Waals surface area contributed by atoms with Crippen molar-refractivity contribution in [2.24, 2.45) is 5.92 Å². The van der Waals surface area contributed by atoms with Crippen LogP contribution in [0.25, 0.3) is 0 Å². The van der Waals surface area contributed by atoms with Gasteiger partial charge in [0, 0.05) is 5.92 Å². The van der Waals surface area contributed by atoms with Crippen molar-refractivity contribution >= 4 is 17.7 Å². The molecule has 1 amide bonds. The van der Waals surface area contributed by atoms with E-state index in [0.717, 1.165) is 16.7 Å². The molecule has 1 fully saturated rings. The molecular weight excluding hydrogens is 402 g/mol. The van der Waals surface area contributed by atoms with E-state index in [1.807, 2.05) is 91.0 Å². The maximum absolute atomic E-state index is 13.8. The lowest BCUT2D eigenvalue weighted by molar-refractivity contribution is -0.151. The van der Waals surface area contributed by atoms with Crippen LogP contribution in [-0.4, -0.2) is 35.7 Å². The minimum Gasteiger partial charge on any atom is -0.467 e. The van der Waals surface area contributed by atoms with Crippen LogP contribution >= 0.6 is 0 Å². The van der Waals surface area contributed by atoms with Crippen molar-refractivity contribution < 1.29 is 19.1 Å². The number of esters is 1. The SMILES string of the molecule is COC(=O)[C@@H]1[C@@H](c2ccccc2)C(C(C)=O)C(=O)N1C(c1ccccc1)c1ccccc1. The number of amides is 1. The lowest BCUT2D eigenvalue weighted by Gasteiger charge is -2.34. The molecule has 1 aliphatic rings. The molecule has 1 aliphatic heterocycles. The Bertz CT molecular complexity index is 1060. The number of hydrogen-bond acceptors (Lipinski definition) is 4. The Morgan fingerprint density at radius 1 is 0.812 bits per heavy atom. The number of carbonyl (C=O) groups excluding carboxylic acids is 3. The molecule has 0 bridgehead atoms. The van der Waals surface area contributed by atoms with Gasteiger partial charge in [0.05, 0.1) is 13.2 Å². The molecule has 0 aromatic heterocycles. The number of rotatable bonds is 6. The van der Waals surface area contributed by atoms with Crippen LogP contribution in [0.1, 0.15) is 35.6 Å². The smallest absolute Gasteiger partial charge is 0.329 e.